The Morgan fingerprint density at radius 3 is 2.50 bits per heavy atom. The van der Waals surface area contributed by atoms with Crippen LogP contribution in [0.2, 0.25) is 5.15 Å². The molecule has 8 heteroatoms. The highest BCUT2D eigenvalue weighted by Crippen LogP contribution is 2.24. The largest absolute Gasteiger partial charge is 0.494 e. The second-order valence-corrected chi connectivity index (χ2v) is 7.94. The van der Waals surface area contributed by atoms with E-state index in [2.05, 4.69) is 15.4 Å². The fraction of sp³-hybridized carbons (Fsp3) is 0.192. The molecule has 1 amide bonds. The topological polar surface area (TPSA) is 78.3 Å². The minimum absolute atomic E-state index is 0.285. The number of nitrogens with zero attached hydrogens (tertiary/aromatic N) is 3. The lowest BCUT2D eigenvalue weighted by Crippen LogP contribution is -2.23. The molecule has 34 heavy (non-hydrogen) atoms. The van der Waals surface area contributed by atoms with Gasteiger partial charge in [0.05, 0.1) is 24.4 Å². The number of aromatic nitrogens is 3. The van der Waals surface area contributed by atoms with Crippen LogP contribution in [0.15, 0.2) is 72.9 Å². The fourth-order valence-electron chi connectivity index (χ4n) is 3.45. The number of benzene rings is 2. The Morgan fingerprint density at radius 1 is 1.03 bits per heavy atom. The first-order chi connectivity index (χ1) is 16.5. The first-order valence-electron chi connectivity index (χ1n) is 10.9. The summed E-state index contributed by atoms with van der Waals surface area (Å²) < 4.78 is 12.9. The highest BCUT2D eigenvalue weighted by atomic mass is 35.5. The summed E-state index contributed by atoms with van der Waals surface area (Å²) in [5.74, 6) is 1.57. The Hall–Kier alpha value is -3.84. The summed E-state index contributed by atoms with van der Waals surface area (Å²) in [5.41, 5.74) is 2.84. The smallest absolute Gasteiger partial charge is 0.256 e. The SMILES string of the molecule is CCOc1ccc(Oc2cc(CNC(=O)c3c(C)nn(Cc4ccccc4)c3Cl)ccn2)cc1. The van der Waals surface area contributed by atoms with Crippen molar-refractivity contribution in [2.45, 2.75) is 26.9 Å². The van der Waals surface area contributed by atoms with Crippen molar-refractivity contribution in [2.24, 2.45) is 0 Å². The molecule has 4 aromatic rings. The van der Waals surface area contributed by atoms with Crippen LogP contribution in [0.1, 0.15) is 34.1 Å². The maximum atomic E-state index is 12.9. The maximum absolute atomic E-state index is 12.9. The van der Waals surface area contributed by atoms with Crippen LogP contribution >= 0.6 is 11.6 Å². The van der Waals surface area contributed by atoms with Crippen molar-refractivity contribution in [3.63, 3.8) is 0 Å². The maximum Gasteiger partial charge on any atom is 0.256 e. The van der Waals surface area contributed by atoms with Gasteiger partial charge in [0.1, 0.15) is 16.7 Å². The van der Waals surface area contributed by atoms with Crippen molar-refractivity contribution >= 4 is 17.5 Å². The Bertz CT molecular complexity index is 1260. The van der Waals surface area contributed by atoms with Crippen LogP contribution in [0.25, 0.3) is 0 Å². The Kier molecular flexibility index (Phi) is 7.44. The van der Waals surface area contributed by atoms with E-state index < -0.39 is 0 Å². The molecule has 0 spiro atoms. The molecular weight excluding hydrogens is 452 g/mol. The number of amides is 1. The van der Waals surface area contributed by atoms with E-state index in [0.29, 0.717) is 47.7 Å². The van der Waals surface area contributed by atoms with Gasteiger partial charge in [0, 0.05) is 18.8 Å². The molecule has 0 aliphatic carbocycles. The van der Waals surface area contributed by atoms with E-state index in [1.54, 1.807) is 23.9 Å². The Labute approximate surface area is 203 Å². The van der Waals surface area contributed by atoms with Gasteiger partial charge in [-0.05, 0) is 55.3 Å². The van der Waals surface area contributed by atoms with Gasteiger partial charge in [-0.1, -0.05) is 41.9 Å². The molecular formula is C26H25ClN4O3. The molecule has 4 rings (SSSR count). The van der Waals surface area contributed by atoms with E-state index in [4.69, 9.17) is 21.1 Å². The second-order valence-electron chi connectivity index (χ2n) is 7.59. The number of nitrogens with one attached hydrogen (secondary N) is 1. The van der Waals surface area contributed by atoms with Crippen LogP contribution in [0.3, 0.4) is 0 Å². The minimum atomic E-state index is -0.285. The number of carbonyl (C=O) groups is 1. The van der Waals surface area contributed by atoms with Gasteiger partial charge in [-0.2, -0.15) is 5.10 Å². The van der Waals surface area contributed by atoms with E-state index in [0.717, 1.165) is 16.9 Å². The lowest BCUT2D eigenvalue weighted by atomic mass is 10.2. The van der Waals surface area contributed by atoms with Gasteiger partial charge in [-0.25, -0.2) is 9.67 Å². The molecule has 0 aliphatic rings. The van der Waals surface area contributed by atoms with Crippen molar-refractivity contribution in [2.75, 3.05) is 6.61 Å². The minimum Gasteiger partial charge on any atom is -0.494 e. The predicted molar refractivity (Wildman–Crippen MR) is 131 cm³/mol. The number of pyridine rings is 1. The number of carbonyl (C=O) groups excluding carboxylic acids is 1. The molecule has 0 aliphatic heterocycles. The molecule has 2 heterocycles. The summed E-state index contributed by atoms with van der Waals surface area (Å²) in [7, 11) is 0. The van der Waals surface area contributed by atoms with Crippen LogP contribution in [0.5, 0.6) is 17.4 Å². The highest BCUT2D eigenvalue weighted by Gasteiger charge is 2.20. The zero-order valence-electron chi connectivity index (χ0n) is 19.0. The quantitative estimate of drug-likeness (QED) is 0.349. The van der Waals surface area contributed by atoms with Crippen molar-refractivity contribution in [3.8, 4) is 17.4 Å². The molecule has 0 saturated carbocycles. The number of aryl methyl sites for hydroxylation is 1. The zero-order valence-corrected chi connectivity index (χ0v) is 19.7. The summed E-state index contributed by atoms with van der Waals surface area (Å²) in [4.78, 5) is 17.1. The fourth-order valence-corrected chi connectivity index (χ4v) is 3.77. The van der Waals surface area contributed by atoms with E-state index in [1.165, 1.54) is 0 Å². The van der Waals surface area contributed by atoms with Gasteiger partial charge in [0.2, 0.25) is 5.88 Å². The van der Waals surface area contributed by atoms with Crippen molar-refractivity contribution in [1.29, 1.82) is 0 Å². The van der Waals surface area contributed by atoms with E-state index in [9.17, 15) is 4.79 Å². The zero-order chi connectivity index (χ0) is 23.9. The summed E-state index contributed by atoms with van der Waals surface area (Å²) in [5, 5.41) is 7.67. The van der Waals surface area contributed by atoms with Crippen molar-refractivity contribution in [1.82, 2.24) is 20.1 Å². The molecule has 0 radical (unpaired) electrons. The molecule has 174 valence electrons. The normalized spacial score (nSPS) is 10.7. The van der Waals surface area contributed by atoms with Crippen LogP contribution in [0.4, 0.5) is 0 Å². The number of hydrogen-bond donors (Lipinski definition) is 1. The molecule has 0 unspecified atom stereocenters. The van der Waals surface area contributed by atoms with Crippen molar-refractivity contribution in [3.05, 3.63) is 100 Å². The van der Waals surface area contributed by atoms with Crippen LogP contribution in [-0.2, 0) is 13.1 Å². The molecule has 2 aromatic carbocycles. The van der Waals surface area contributed by atoms with Gasteiger partial charge in [-0.15, -0.1) is 0 Å². The second kappa shape index (κ2) is 10.9. The van der Waals surface area contributed by atoms with E-state index in [-0.39, 0.29) is 5.91 Å². The third-order valence-corrected chi connectivity index (χ3v) is 5.46. The standard InChI is InChI=1S/C26H25ClN4O3/c1-3-33-21-9-11-22(12-10-21)34-23-15-20(13-14-28-23)16-29-26(32)24-18(2)30-31(25(24)27)17-19-7-5-4-6-8-19/h4-15H,3,16-17H2,1-2H3,(H,29,32). The van der Waals surface area contributed by atoms with Gasteiger partial charge >= 0.3 is 0 Å². The first-order valence-corrected chi connectivity index (χ1v) is 11.3. The van der Waals surface area contributed by atoms with Gasteiger partial charge in [-0.3, -0.25) is 4.79 Å². The van der Waals surface area contributed by atoms with Crippen LogP contribution in [-0.4, -0.2) is 27.3 Å². The van der Waals surface area contributed by atoms with Crippen LogP contribution < -0.4 is 14.8 Å². The average molecular weight is 477 g/mol. The molecule has 1 N–H and O–H groups in total. The Balaban J connectivity index is 1.39. The lowest BCUT2D eigenvalue weighted by Gasteiger charge is -2.09. The van der Waals surface area contributed by atoms with Gasteiger partial charge < -0.3 is 14.8 Å². The van der Waals surface area contributed by atoms with Crippen LogP contribution in [0, 0.1) is 6.92 Å². The number of hydrogen-bond acceptors (Lipinski definition) is 5. The summed E-state index contributed by atoms with van der Waals surface area (Å²) >= 11 is 6.50. The Morgan fingerprint density at radius 2 is 1.76 bits per heavy atom. The van der Waals surface area contributed by atoms with E-state index >= 15 is 0 Å². The third-order valence-electron chi connectivity index (χ3n) is 5.08. The average Bonchev–Trinajstić information content (AvgIpc) is 3.12. The highest BCUT2D eigenvalue weighted by molar-refractivity contribution is 6.33. The van der Waals surface area contributed by atoms with Gasteiger partial charge in [0.25, 0.3) is 5.91 Å². The molecule has 0 atom stereocenters. The third kappa shape index (κ3) is 5.74. The van der Waals surface area contributed by atoms with Crippen molar-refractivity contribution < 1.29 is 14.3 Å². The number of ether oxygens (including phenoxy) is 2. The molecule has 2 aromatic heterocycles. The number of halogens is 1. The summed E-state index contributed by atoms with van der Waals surface area (Å²) in [6.45, 7) is 5.10. The monoisotopic (exact) mass is 476 g/mol. The van der Waals surface area contributed by atoms with Gasteiger partial charge in [0.15, 0.2) is 0 Å². The van der Waals surface area contributed by atoms with E-state index in [1.807, 2.05) is 67.6 Å². The lowest BCUT2D eigenvalue weighted by molar-refractivity contribution is 0.0950. The summed E-state index contributed by atoms with van der Waals surface area (Å²) in [6.07, 6.45) is 1.64. The molecule has 0 saturated heterocycles. The predicted octanol–water partition coefficient (Wildman–Crippen LogP) is 5.41. The molecule has 0 fully saturated rings. The number of rotatable bonds is 9. The molecule has 7 nitrogen and oxygen atoms in total. The first kappa shape index (κ1) is 23.3. The summed E-state index contributed by atoms with van der Waals surface area (Å²) in [6, 6.07) is 20.8. The molecule has 0 bridgehead atoms.